The Morgan fingerprint density at radius 2 is 1.74 bits per heavy atom. The normalized spacial score (nSPS) is 11.0. The number of ether oxygens (including phenoxy) is 2. The highest BCUT2D eigenvalue weighted by Crippen LogP contribution is 2.27. The highest BCUT2D eigenvalue weighted by Gasteiger charge is 2.26. The number of hydrogen-bond donors (Lipinski definition) is 1. The van der Waals surface area contributed by atoms with Gasteiger partial charge >= 0.3 is 0 Å². The number of carbonyl (C=O) groups excluding carboxylic acids is 1. The maximum absolute atomic E-state index is 12.1. The van der Waals surface area contributed by atoms with Crippen molar-refractivity contribution in [1.29, 1.82) is 0 Å². The fourth-order valence-corrected chi connectivity index (χ4v) is 1.89. The Hall–Kier alpha value is -2.20. The zero-order valence-electron chi connectivity index (χ0n) is 13.4. The van der Waals surface area contributed by atoms with Crippen molar-refractivity contribution in [2.45, 2.75) is 13.8 Å². The highest BCUT2D eigenvalue weighted by molar-refractivity contribution is 6.20. The molecule has 0 aliphatic carbocycles. The number of halogens is 1. The lowest BCUT2D eigenvalue weighted by molar-refractivity contribution is -0.122. The van der Waals surface area contributed by atoms with Crippen molar-refractivity contribution in [3.8, 4) is 17.2 Å². The van der Waals surface area contributed by atoms with E-state index < -0.39 is 5.41 Å². The second-order valence-electron chi connectivity index (χ2n) is 5.78. The Morgan fingerprint density at radius 3 is 2.35 bits per heavy atom. The number of hydrogen-bond acceptors (Lipinski definition) is 3. The van der Waals surface area contributed by atoms with Crippen molar-refractivity contribution >= 4 is 23.2 Å². The number of carbonyl (C=O) groups is 1. The van der Waals surface area contributed by atoms with Crippen LogP contribution < -0.4 is 14.8 Å². The minimum Gasteiger partial charge on any atom is -0.497 e. The quantitative estimate of drug-likeness (QED) is 0.780. The SMILES string of the molecule is COc1cccc(Oc2ccc(NC(=O)C(C)(C)CCl)cc2)c1. The van der Waals surface area contributed by atoms with Gasteiger partial charge in [0.1, 0.15) is 17.2 Å². The molecule has 1 N–H and O–H groups in total. The fourth-order valence-electron chi connectivity index (χ4n) is 1.77. The lowest BCUT2D eigenvalue weighted by atomic mass is 9.95. The molecular weight excluding hydrogens is 314 g/mol. The smallest absolute Gasteiger partial charge is 0.231 e. The zero-order chi connectivity index (χ0) is 16.9. The summed E-state index contributed by atoms with van der Waals surface area (Å²) in [5.74, 6) is 2.23. The van der Waals surface area contributed by atoms with Gasteiger partial charge < -0.3 is 14.8 Å². The number of nitrogens with one attached hydrogen (secondary N) is 1. The average Bonchev–Trinajstić information content (AvgIpc) is 2.56. The van der Waals surface area contributed by atoms with Crippen LogP contribution in [0.1, 0.15) is 13.8 Å². The molecule has 0 aromatic heterocycles. The number of amides is 1. The molecule has 2 aromatic rings. The van der Waals surface area contributed by atoms with E-state index in [1.807, 2.05) is 18.2 Å². The van der Waals surface area contributed by atoms with Crippen molar-refractivity contribution < 1.29 is 14.3 Å². The summed E-state index contributed by atoms with van der Waals surface area (Å²) in [4.78, 5) is 12.1. The Balaban J connectivity index is 2.03. The topological polar surface area (TPSA) is 47.6 Å². The van der Waals surface area contributed by atoms with E-state index in [1.165, 1.54) is 0 Å². The molecule has 122 valence electrons. The third-order valence-electron chi connectivity index (χ3n) is 3.34. The van der Waals surface area contributed by atoms with E-state index in [0.29, 0.717) is 17.2 Å². The molecule has 0 bridgehead atoms. The number of rotatable bonds is 6. The average molecular weight is 334 g/mol. The monoisotopic (exact) mass is 333 g/mol. The maximum Gasteiger partial charge on any atom is 0.231 e. The largest absolute Gasteiger partial charge is 0.497 e. The summed E-state index contributed by atoms with van der Waals surface area (Å²) in [7, 11) is 1.61. The molecule has 0 atom stereocenters. The molecule has 2 rings (SSSR count). The van der Waals surface area contributed by atoms with Crippen molar-refractivity contribution in [3.63, 3.8) is 0 Å². The zero-order valence-corrected chi connectivity index (χ0v) is 14.2. The van der Waals surface area contributed by atoms with Gasteiger partial charge in [-0.05, 0) is 50.2 Å². The third kappa shape index (κ3) is 4.63. The van der Waals surface area contributed by atoms with Crippen molar-refractivity contribution in [1.82, 2.24) is 0 Å². The molecule has 0 spiro atoms. The van der Waals surface area contributed by atoms with Crippen LogP contribution in [0.3, 0.4) is 0 Å². The minimum atomic E-state index is -0.614. The molecule has 4 nitrogen and oxygen atoms in total. The van der Waals surface area contributed by atoms with E-state index in [1.54, 1.807) is 51.3 Å². The molecule has 5 heteroatoms. The summed E-state index contributed by atoms with van der Waals surface area (Å²) in [6, 6.07) is 14.5. The van der Waals surface area contributed by atoms with Gasteiger partial charge in [0.2, 0.25) is 5.91 Å². The Labute approximate surface area is 141 Å². The van der Waals surface area contributed by atoms with Gasteiger partial charge in [-0.3, -0.25) is 4.79 Å². The van der Waals surface area contributed by atoms with Crippen LogP contribution in [-0.4, -0.2) is 18.9 Å². The summed E-state index contributed by atoms with van der Waals surface area (Å²) in [6.07, 6.45) is 0. The van der Waals surface area contributed by atoms with Crippen LogP contribution in [0.2, 0.25) is 0 Å². The summed E-state index contributed by atoms with van der Waals surface area (Å²) < 4.78 is 10.9. The first kappa shape index (κ1) is 17.2. The Morgan fingerprint density at radius 1 is 1.09 bits per heavy atom. The number of anilines is 1. The van der Waals surface area contributed by atoms with Gasteiger partial charge in [0.15, 0.2) is 0 Å². The summed E-state index contributed by atoms with van der Waals surface area (Å²) >= 11 is 5.80. The van der Waals surface area contributed by atoms with Gasteiger partial charge in [0.25, 0.3) is 0 Å². The summed E-state index contributed by atoms with van der Waals surface area (Å²) in [5, 5.41) is 2.84. The van der Waals surface area contributed by atoms with Crippen LogP contribution >= 0.6 is 11.6 Å². The highest BCUT2D eigenvalue weighted by atomic mass is 35.5. The Bertz CT molecular complexity index is 668. The number of methoxy groups -OCH3 is 1. The van der Waals surface area contributed by atoms with Gasteiger partial charge in [-0.15, -0.1) is 11.6 Å². The predicted molar refractivity (Wildman–Crippen MR) is 92.6 cm³/mol. The molecule has 0 saturated heterocycles. The van der Waals surface area contributed by atoms with E-state index >= 15 is 0 Å². The molecule has 0 fully saturated rings. The molecule has 0 heterocycles. The first-order valence-electron chi connectivity index (χ1n) is 7.24. The van der Waals surface area contributed by atoms with Gasteiger partial charge in [-0.2, -0.15) is 0 Å². The van der Waals surface area contributed by atoms with Gasteiger partial charge in [0.05, 0.1) is 12.5 Å². The first-order chi connectivity index (χ1) is 10.9. The molecule has 0 aliphatic heterocycles. The standard InChI is InChI=1S/C18H20ClNO3/c1-18(2,12-19)17(21)20-13-7-9-14(10-8-13)23-16-6-4-5-15(11-16)22-3/h4-11H,12H2,1-3H3,(H,20,21). The summed E-state index contributed by atoms with van der Waals surface area (Å²) in [5.41, 5.74) is 0.0864. The van der Waals surface area contributed by atoms with Crippen LogP contribution in [0.25, 0.3) is 0 Å². The van der Waals surface area contributed by atoms with E-state index in [-0.39, 0.29) is 11.8 Å². The van der Waals surface area contributed by atoms with Crippen molar-refractivity contribution in [3.05, 3.63) is 48.5 Å². The van der Waals surface area contributed by atoms with Crippen LogP contribution in [0.5, 0.6) is 17.2 Å². The molecule has 0 saturated carbocycles. The fraction of sp³-hybridized carbons (Fsp3) is 0.278. The van der Waals surface area contributed by atoms with E-state index in [4.69, 9.17) is 21.1 Å². The van der Waals surface area contributed by atoms with Crippen LogP contribution in [-0.2, 0) is 4.79 Å². The first-order valence-corrected chi connectivity index (χ1v) is 7.77. The van der Waals surface area contributed by atoms with Crippen LogP contribution in [0.4, 0.5) is 5.69 Å². The van der Waals surface area contributed by atoms with Crippen molar-refractivity contribution in [2.75, 3.05) is 18.3 Å². The number of benzene rings is 2. The molecular formula is C18H20ClNO3. The molecule has 0 radical (unpaired) electrons. The number of alkyl halides is 1. The molecule has 0 unspecified atom stereocenters. The van der Waals surface area contributed by atoms with Crippen LogP contribution in [0, 0.1) is 5.41 Å². The summed E-state index contributed by atoms with van der Waals surface area (Å²) in [6.45, 7) is 3.60. The van der Waals surface area contributed by atoms with Gasteiger partial charge in [-0.1, -0.05) is 6.07 Å². The Kier molecular flexibility index (Phi) is 5.50. The molecule has 2 aromatic carbocycles. The van der Waals surface area contributed by atoms with Gasteiger partial charge in [-0.25, -0.2) is 0 Å². The van der Waals surface area contributed by atoms with E-state index in [2.05, 4.69) is 5.32 Å². The minimum absolute atomic E-state index is 0.117. The second kappa shape index (κ2) is 7.38. The second-order valence-corrected chi connectivity index (χ2v) is 6.04. The van der Waals surface area contributed by atoms with Crippen molar-refractivity contribution in [2.24, 2.45) is 5.41 Å². The lowest BCUT2D eigenvalue weighted by Crippen LogP contribution is -2.32. The van der Waals surface area contributed by atoms with Crippen LogP contribution in [0.15, 0.2) is 48.5 Å². The lowest BCUT2D eigenvalue weighted by Gasteiger charge is -2.20. The molecule has 23 heavy (non-hydrogen) atoms. The van der Waals surface area contributed by atoms with E-state index in [0.717, 1.165) is 5.75 Å². The predicted octanol–water partition coefficient (Wildman–Crippen LogP) is 4.69. The van der Waals surface area contributed by atoms with Gasteiger partial charge in [0, 0.05) is 17.6 Å². The molecule has 1 amide bonds. The molecule has 0 aliphatic rings. The van der Waals surface area contributed by atoms with E-state index in [9.17, 15) is 4.79 Å². The third-order valence-corrected chi connectivity index (χ3v) is 4.01. The maximum atomic E-state index is 12.1.